The van der Waals surface area contributed by atoms with Gasteiger partial charge < -0.3 is 58.0 Å². The molecule has 12 aromatic rings. The molecule has 474 valence electrons. The first-order valence-corrected chi connectivity index (χ1v) is 32.6. The minimum Gasteiger partial charge on any atom is -0.744 e. The Morgan fingerprint density at radius 3 is 0.451 bits per heavy atom. The molecule has 0 aliphatic heterocycles. The van der Waals surface area contributed by atoms with Gasteiger partial charge in [0.15, 0.2) is 0 Å². The quantitative estimate of drug-likeness (QED) is 0.0935. The van der Waals surface area contributed by atoms with Crippen molar-refractivity contribution >= 4 is 126 Å². The van der Waals surface area contributed by atoms with Gasteiger partial charge in [-0.3, -0.25) is 29.9 Å². The van der Waals surface area contributed by atoms with E-state index in [1.165, 1.54) is 110 Å². The van der Waals surface area contributed by atoms with E-state index < -0.39 is 60.7 Å². The fraction of sp³-hybridized carbons (Fsp3) is 0. The first kappa shape index (κ1) is 70.8. The van der Waals surface area contributed by atoms with Crippen molar-refractivity contribution < 1.29 is 130 Å². The van der Waals surface area contributed by atoms with Crippen LogP contribution in [0.2, 0.25) is 0 Å². The van der Waals surface area contributed by atoms with Crippen LogP contribution in [-0.2, 0) is 81.8 Å². The summed E-state index contributed by atoms with van der Waals surface area (Å²) in [6.07, 6.45) is 8.44. The second-order valence-corrected chi connectivity index (χ2v) is 25.7. The van der Waals surface area contributed by atoms with Crippen molar-refractivity contribution in [1.82, 2.24) is 29.9 Å². The first-order valence-electron chi connectivity index (χ1n) is 24.2. The zero-order valence-corrected chi connectivity index (χ0v) is 51.8. The Labute approximate surface area is 528 Å². The van der Waals surface area contributed by atoms with Crippen LogP contribution in [0.3, 0.4) is 0 Å². The molecule has 0 saturated carbocycles. The first-order chi connectivity index (χ1) is 42.0. The van der Waals surface area contributed by atoms with Crippen LogP contribution in [0.5, 0.6) is 34.5 Å². The zero-order valence-electron chi connectivity index (χ0n) is 44.9. The van der Waals surface area contributed by atoms with E-state index in [0.29, 0.717) is 0 Å². The van der Waals surface area contributed by atoms with Crippen LogP contribution < -0.4 is 0 Å². The molecule has 6 heterocycles. The fourth-order valence-corrected chi connectivity index (χ4v) is 12.1. The third kappa shape index (κ3) is 17.2. The number of rotatable bonds is 6. The van der Waals surface area contributed by atoms with E-state index in [4.69, 9.17) is 0 Å². The van der Waals surface area contributed by atoms with Gasteiger partial charge in [0, 0.05) is 90.6 Å². The Morgan fingerprint density at radius 2 is 0.341 bits per heavy atom. The maximum atomic E-state index is 10.9. The molecule has 0 fully saturated rings. The summed E-state index contributed by atoms with van der Waals surface area (Å²) in [6.45, 7) is 0. The summed E-state index contributed by atoms with van der Waals surface area (Å²) in [5, 5.41) is 57.2. The predicted molar refractivity (Wildman–Crippen MR) is 308 cm³/mol. The van der Waals surface area contributed by atoms with Gasteiger partial charge in [0.2, 0.25) is 0 Å². The van der Waals surface area contributed by atoms with Gasteiger partial charge in [-0.15, -0.1) is 0 Å². The minimum absolute atomic E-state index is 0. The predicted octanol–water partition coefficient (Wildman–Crippen LogP) is 5.06. The summed E-state index contributed by atoms with van der Waals surface area (Å²) in [4.78, 5) is 20.6. The smallest absolute Gasteiger partial charge is 0.141 e. The molecular formula is C54H36MoN6O24S6-6. The number of pyridine rings is 6. The van der Waals surface area contributed by atoms with Gasteiger partial charge >= 0.3 is 0 Å². The molecule has 0 radical (unpaired) electrons. The third-order valence-corrected chi connectivity index (χ3v) is 17.2. The number of phenolic OH excluding ortho intramolecular Hbond substituents is 6. The molecule has 0 bridgehead atoms. The summed E-state index contributed by atoms with van der Waals surface area (Å²) in [5.41, 5.74) is 0.636. The van der Waals surface area contributed by atoms with Crippen LogP contribution in [0.15, 0.2) is 212 Å². The van der Waals surface area contributed by atoms with Crippen LogP contribution in [0.1, 0.15) is 0 Å². The maximum absolute atomic E-state index is 10.9. The molecule has 6 aromatic heterocycles. The largest absolute Gasteiger partial charge is 0.744 e. The molecule has 0 atom stereocenters. The van der Waals surface area contributed by atoms with Crippen LogP contribution in [0.4, 0.5) is 0 Å². The number of hydrogen-bond acceptors (Lipinski definition) is 30. The Hall–Kier alpha value is -9.27. The average Bonchev–Trinajstić information content (AvgIpc) is 0.937. The molecule has 6 aromatic carbocycles. The summed E-state index contributed by atoms with van der Waals surface area (Å²) < 4.78 is 196. The van der Waals surface area contributed by atoms with Crippen LogP contribution in [-0.4, -0.2) is 138 Å². The van der Waals surface area contributed by atoms with E-state index >= 15 is 0 Å². The second kappa shape index (κ2) is 28.3. The normalized spacial score (nSPS) is 11.7. The van der Waals surface area contributed by atoms with Gasteiger partial charge in [0.1, 0.15) is 128 Å². The van der Waals surface area contributed by atoms with E-state index in [1.54, 1.807) is 0 Å². The Balaban J connectivity index is 0.000000173. The van der Waals surface area contributed by atoms with Gasteiger partial charge in [-0.1, -0.05) is 0 Å². The fourth-order valence-electron chi connectivity index (χ4n) is 8.10. The number of aromatic nitrogens is 6. The maximum Gasteiger partial charge on any atom is 0.141 e. The number of phenols is 6. The van der Waals surface area contributed by atoms with Crippen molar-refractivity contribution in [3.63, 3.8) is 0 Å². The van der Waals surface area contributed by atoms with E-state index in [2.05, 4.69) is 29.9 Å². The topological polar surface area (TPSA) is 542 Å². The number of nitrogens with zero attached hydrogens (tertiary/aromatic N) is 6. The van der Waals surface area contributed by atoms with E-state index in [1.807, 2.05) is 0 Å². The summed E-state index contributed by atoms with van der Waals surface area (Å²) in [7, 11) is -27.3. The minimum atomic E-state index is -4.55. The monoisotopic (exact) mass is 1440 g/mol. The number of fused-ring (bicyclic) bond motifs is 6. The number of hydrogen-bond donors (Lipinski definition) is 6. The molecule has 0 saturated heterocycles. The molecular weight excluding hydrogens is 1400 g/mol. The van der Waals surface area contributed by atoms with Crippen molar-refractivity contribution in [2.75, 3.05) is 0 Å². The molecule has 6 N–H and O–H groups in total. The molecule has 0 aliphatic rings. The molecule has 12 rings (SSSR count). The molecule has 0 aliphatic carbocycles. The molecule has 91 heavy (non-hydrogen) atoms. The van der Waals surface area contributed by atoms with Crippen molar-refractivity contribution in [2.45, 2.75) is 29.4 Å². The Bertz CT molecular complexity index is 4610. The SMILES string of the molecule is O=S(=O)([O-])c1ccc(O)c2ncccc12.O=S(=O)([O-])c1ccc(O)c2ncccc12.O=S(=O)([O-])c1ccc(O)c2ncccc12.O=S(=O)([O-])c1ccc(O)c2ncccc12.O=S(=O)([O-])c1ccc(O)c2ncccc12.O=S(=O)([O-])c1ccc(O)c2ncccc12.[Mo]. The van der Waals surface area contributed by atoms with Crippen molar-refractivity contribution in [3.05, 3.63) is 183 Å². The Kier molecular flexibility index (Phi) is 22.0. The van der Waals surface area contributed by atoms with Crippen molar-refractivity contribution in [1.29, 1.82) is 0 Å². The van der Waals surface area contributed by atoms with E-state index in [9.17, 15) is 108 Å². The molecule has 0 amide bonds. The van der Waals surface area contributed by atoms with Crippen molar-refractivity contribution in [2.24, 2.45) is 0 Å². The third-order valence-electron chi connectivity index (χ3n) is 11.9. The van der Waals surface area contributed by atoms with Crippen LogP contribution in [0, 0.1) is 0 Å². The summed E-state index contributed by atoms with van der Waals surface area (Å²) >= 11 is 0. The summed E-state index contributed by atoms with van der Waals surface area (Å²) in [5.74, 6) is -0.928. The molecule has 0 spiro atoms. The van der Waals surface area contributed by atoms with Crippen LogP contribution >= 0.6 is 0 Å². The van der Waals surface area contributed by atoms with Crippen LogP contribution in [0.25, 0.3) is 65.4 Å². The summed E-state index contributed by atoms with van der Waals surface area (Å²) in [6, 6.07) is 30.8. The van der Waals surface area contributed by atoms with Gasteiger partial charge in [-0.25, -0.2) is 50.5 Å². The second-order valence-electron chi connectivity index (χ2n) is 17.6. The molecule has 0 unspecified atom stereocenters. The molecule has 37 heteroatoms. The molecule has 30 nitrogen and oxygen atoms in total. The number of benzene rings is 6. The number of aromatic hydroxyl groups is 6. The van der Waals surface area contributed by atoms with Gasteiger partial charge in [-0.2, -0.15) is 0 Å². The van der Waals surface area contributed by atoms with Crippen molar-refractivity contribution in [3.8, 4) is 34.5 Å². The van der Waals surface area contributed by atoms with Gasteiger partial charge in [-0.05, 0) is 146 Å². The van der Waals surface area contributed by atoms with E-state index in [0.717, 1.165) is 72.8 Å². The van der Waals surface area contributed by atoms with E-state index in [-0.39, 0.29) is 150 Å². The van der Waals surface area contributed by atoms with Gasteiger partial charge in [0.05, 0.1) is 29.4 Å². The standard InChI is InChI=1S/6C9H7NO4S.Mo/c6*11-7-3-4-8(15(12,13)14)6-2-1-5-10-9(6)7;/h6*1-5,11H,(H,12,13,14);/p-6. The van der Waals surface area contributed by atoms with Gasteiger partial charge in [0.25, 0.3) is 0 Å². The Morgan fingerprint density at radius 1 is 0.220 bits per heavy atom. The zero-order chi connectivity index (χ0) is 66.3. The average molecular weight is 1440 g/mol.